The molecule has 1 aromatic carbocycles. The second kappa shape index (κ2) is 4.88. The molecule has 1 aliphatic carbocycles. The molecular formula is C16H22FNO. The lowest BCUT2D eigenvalue weighted by molar-refractivity contribution is -0.112. The summed E-state index contributed by atoms with van der Waals surface area (Å²) in [7, 11) is 0. The van der Waals surface area contributed by atoms with E-state index in [0.29, 0.717) is 18.1 Å². The van der Waals surface area contributed by atoms with Crippen LogP contribution in [0.5, 0.6) is 0 Å². The van der Waals surface area contributed by atoms with Crippen LogP contribution in [0.4, 0.5) is 4.39 Å². The first-order valence-electron chi connectivity index (χ1n) is 7.19. The van der Waals surface area contributed by atoms with E-state index in [2.05, 4.69) is 19.2 Å². The highest BCUT2D eigenvalue weighted by Crippen LogP contribution is 2.51. The minimum absolute atomic E-state index is 0.0979. The van der Waals surface area contributed by atoms with Crippen LogP contribution >= 0.6 is 0 Å². The fourth-order valence-corrected chi connectivity index (χ4v) is 3.80. The van der Waals surface area contributed by atoms with E-state index >= 15 is 0 Å². The van der Waals surface area contributed by atoms with E-state index < -0.39 is 0 Å². The van der Waals surface area contributed by atoms with Gasteiger partial charge in [-0.25, -0.2) is 4.39 Å². The lowest BCUT2D eigenvalue weighted by Gasteiger charge is -2.55. The van der Waals surface area contributed by atoms with Gasteiger partial charge in [-0.1, -0.05) is 32.0 Å². The fourth-order valence-electron chi connectivity index (χ4n) is 3.80. The molecule has 3 rings (SSSR count). The smallest absolute Gasteiger partial charge is 0.126 e. The number of fused-ring (bicyclic) bond motifs is 1. The molecule has 0 aromatic heterocycles. The Kier molecular flexibility index (Phi) is 3.35. The Hall–Kier alpha value is -0.930. The van der Waals surface area contributed by atoms with Gasteiger partial charge in [-0.2, -0.15) is 0 Å². The quantitative estimate of drug-likeness (QED) is 0.902. The summed E-state index contributed by atoms with van der Waals surface area (Å²) in [6.07, 6.45) is 2.32. The topological polar surface area (TPSA) is 21.3 Å². The van der Waals surface area contributed by atoms with Crippen molar-refractivity contribution in [2.75, 3.05) is 13.2 Å². The molecule has 1 N–H and O–H groups in total. The van der Waals surface area contributed by atoms with Crippen LogP contribution in [0.1, 0.15) is 25.8 Å². The van der Waals surface area contributed by atoms with Crippen LogP contribution < -0.4 is 5.32 Å². The third-order valence-corrected chi connectivity index (χ3v) is 4.82. The highest BCUT2D eigenvalue weighted by atomic mass is 19.1. The number of ether oxygens (including phenoxy) is 1. The van der Waals surface area contributed by atoms with Crippen LogP contribution in [0.3, 0.4) is 0 Å². The summed E-state index contributed by atoms with van der Waals surface area (Å²) in [4.78, 5) is 0. The van der Waals surface area contributed by atoms with Gasteiger partial charge in [0.15, 0.2) is 0 Å². The molecule has 1 aromatic rings. The van der Waals surface area contributed by atoms with Crippen molar-refractivity contribution in [3.63, 3.8) is 0 Å². The van der Waals surface area contributed by atoms with Gasteiger partial charge >= 0.3 is 0 Å². The summed E-state index contributed by atoms with van der Waals surface area (Å²) in [5, 5.41) is 3.61. The fraction of sp³-hybridized carbons (Fsp3) is 0.625. The van der Waals surface area contributed by atoms with Crippen molar-refractivity contribution < 1.29 is 9.13 Å². The highest BCUT2D eigenvalue weighted by molar-refractivity contribution is 5.18. The standard InChI is InChI=1S/C16H22FNO/c1-16(2)14(12-8-10-19-15(12)16)18-9-7-11-5-3-4-6-13(11)17/h3-6,12,14-15,18H,7-10H2,1-2H3. The molecule has 1 saturated carbocycles. The largest absolute Gasteiger partial charge is 0.377 e. The number of benzene rings is 1. The molecule has 19 heavy (non-hydrogen) atoms. The summed E-state index contributed by atoms with van der Waals surface area (Å²) >= 11 is 0. The molecule has 3 heteroatoms. The Bertz CT molecular complexity index is 460. The Morgan fingerprint density at radius 1 is 1.37 bits per heavy atom. The van der Waals surface area contributed by atoms with E-state index in [1.54, 1.807) is 6.07 Å². The van der Waals surface area contributed by atoms with Crippen molar-refractivity contribution >= 4 is 0 Å². The van der Waals surface area contributed by atoms with E-state index in [9.17, 15) is 4.39 Å². The van der Waals surface area contributed by atoms with Crippen molar-refractivity contribution in [3.8, 4) is 0 Å². The van der Waals surface area contributed by atoms with E-state index in [-0.39, 0.29) is 11.2 Å². The molecule has 1 aliphatic heterocycles. The van der Waals surface area contributed by atoms with E-state index in [1.807, 2.05) is 12.1 Å². The van der Waals surface area contributed by atoms with E-state index in [1.165, 1.54) is 6.07 Å². The third kappa shape index (κ3) is 2.19. The minimum atomic E-state index is -0.0979. The summed E-state index contributed by atoms with van der Waals surface area (Å²) in [5.41, 5.74) is 1.00. The number of halogens is 1. The first kappa shape index (κ1) is 13.1. The first-order valence-corrected chi connectivity index (χ1v) is 7.19. The molecule has 1 heterocycles. The Balaban J connectivity index is 1.55. The lowest BCUT2D eigenvalue weighted by Crippen LogP contribution is -2.66. The van der Waals surface area contributed by atoms with Gasteiger partial charge in [-0.15, -0.1) is 0 Å². The van der Waals surface area contributed by atoms with Crippen molar-refractivity contribution in [2.45, 2.75) is 38.8 Å². The SMILES string of the molecule is CC1(C)C(NCCc2ccccc2F)C2CCOC21. The molecule has 2 fully saturated rings. The molecule has 0 bridgehead atoms. The van der Waals surface area contributed by atoms with E-state index in [0.717, 1.165) is 31.6 Å². The zero-order valence-corrected chi connectivity index (χ0v) is 11.7. The van der Waals surface area contributed by atoms with Crippen molar-refractivity contribution in [3.05, 3.63) is 35.6 Å². The maximum atomic E-state index is 13.5. The Morgan fingerprint density at radius 3 is 2.95 bits per heavy atom. The van der Waals surface area contributed by atoms with Gasteiger partial charge in [0.1, 0.15) is 5.82 Å². The number of nitrogens with one attached hydrogen (secondary N) is 1. The van der Waals surface area contributed by atoms with Crippen LogP contribution in [0.2, 0.25) is 0 Å². The van der Waals surface area contributed by atoms with Gasteiger partial charge in [0.25, 0.3) is 0 Å². The predicted molar refractivity (Wildman–Crippen MR) is 73.5 cm³/mol. The average Bonchev–Trinajstić information content (AvgIpc) is 2.83. The van der Waals surface area contributed by atoms with Crippen molar-refractivity contribution in [1.29, 1.82) is 0 Å². The molecule has 0 spiro atoms. The summed E-state index contributed by atoms with van der Waals surface area (Å²) in [5.74, 6) is 0.551. The molecule has 104 valence electrons. The monoisotopic (exact) mass is 263 g/mol. The Labute approximate surface area is 114 Å². The second-order valence-electron chi connectivity index (χ2n) is 6.34. The van der Waals surface area contributed by atoms with Gasteiger partial charge in [-0.3, -0.25) is 0 Å². The van der Waals surface area contributed by atoms with Crippen LogP contribution in [0, 0.1) is 17.2 Å². The van der Waals surface area contributed by atoms with Crippen LogP contribution in [0.15, 0.2) is 24.3 Å². The molecular weight excluding hydrogens is 241 g/mol. The number of hydrogen-bond acceptors (Lipinski definition) is 2. The zero-order chi connectivity index (χ0) is 13.5. The summed E-state index contributed by atoms with van der Waals surface area (Å²) in [6, 6.07) is 7.54. The van der Waals surface area contributed by atoms with Crippen molar-refractivity contribution in [2.24, 2.45) is 11.3 Å². The van der Waals surface area contributed by atoms with Gasteiger partial charge in [-0.05, 0) is 31.0 Å². The first-order chi connectivity index (χ1) is 9.10. The van der Waals surface area contributed by atoms with Crippen LogP contribution in [-0.4, -0.2) is 25.3 Å². The van der Waals surface area contributed by atoms with Gasteiger partial charge in [0.05, 0.1) is 6.10 Å². The number of rotatable bonds is 4. The maximum absolute atomic E-state index is 13.5. The average molecular weight is 263 g/mol. The normalized spacial score (nSPS) is 31.8. The lowest BCUT2D eigenvalue weighted by atomic mass is 9.57. The second-order valence-corrected chi connectivity index (χ2v) is 6.34. The van der Waals surface area contributed by atoms with Gasteiger partial charge in [0, 0.05) is 24.0 Å². The third-order valence-electron chi connectivity index (χ3n) is 4.82. The molecule has 2 nitrogen and oxygen atoms in total. The molecule has 2 aliphatic rings. The molecule has 3 atom stereocenters. The minimum Gasteiger partial charge on any atom is -0.377 e. The van der Waals surface area contributed by atoms with E-state index in [4.69, 9.17) is 4.74 Å². The molecule has 1 saturated heterocycles. The van der Waals surface area contributed by atoms with Gasteiger partial charge < -0.3 is 10.1 Å². The predicted octanol–water partition coefficient (Wildman–Crippen LogP) is 2.77. The highest BCUT2D eigenvalue weighted by Gasteiger charge is 2.58. The van der Waals surface area contributed by atoms with Gasteiger partial charge in [0.2, 0.25) is 0 Å². The maximum Gasteiger partial charge on any atom is 0.126 e. The number of hydrogen-bond donors (Lipinski definition) is 1. The van der Waals surface area contributed by atoms with Crippen molar-refractivity contribution in [1.82, 2.24) is 5.32 Å². The van der Waals surface area contributed by atoms with Crippen LogP contribution in [-0.2, 0) is 11.2 Å². The van der Waals surface area contributed by atoms with Crippen LogP contribution in [0.25, 0.3) is 0 Å². The summed E-state index contributed by atoms with van der Waals surface area (Å²) in [6.45, 7) is 6.25. The molecule has 0 amide bonds. The Morgan fingerprint density at radius 2 is 2.16 bits per heavy atom. The zero-order valence-electron chi connectivity index (χ0n) is 11.7. The molecule has 3 unspecified atom stereocenters. The summed E-state index contributed by atoms with van der Waals surface area (Å²) < 4.78 is 19.3. The molecule has 0 radical (unpaired) electrons.